The molecule has 1 atom stereocenters. The van der Waals surface area contributed by atoms with Gasteiger partial charge in [0, 0.05) is 13.1 Å². The lowest BCUT2D eigenvalue weighted by Gasteiger charge is -2.15. The van der Waals surface area contributed by atoms with Crippen LogP contribution in [0.15, 0.2) is 36.4 Å². The van der Waals surface area contributed by atoms with E-state index in [2.05, 4.69) is 58.9 Å². The Morgan fingerprint density at radius 1 is 1.14 bits per heavy atom. The zero-order valence-electron chi connectivity index (χ0n) is 12.6. The first-order valence-corrected chi connectivity index (χ1v) is 7.05. The van der Waals surface area contributed by atoms with Crippen molar-refractivity contribution in [1.82, 2.24) is 15.5 Å². The second-order valence-electron chi connectivity index (χ2n) is 4.84. The predicted octanol–water partition coefficient (Wildman–Crippen LogP) is 2.57. The molecule has 1 heterocycles. The number of carbonyl (C=O) groups is 1. The lowest BCUT2D eigenvalue weighted by Crippen LogP contribution is -2.20. The number of benzene rings is 1. The highest BCUT2D eigenvalue weighted by Crippen LogP contribution is 2.18. The van der Waals surface area contributed by atoms with E-state index in [1.54, 1.807) is 19.2 Å². The van der Waals surface area contributed by atoms with Crippen molar-refractivity contribution < 1.29 is 4.79 Å². The molecule has 5 heteroatoms. The second kappa shape index (κ2) is 6.83. The summed E-state index contributed by atoms with van der Waals surface area (Å²) in [5.74, 6) is 0.409. The number of hydrogen-bond donors (Lipinski definition) is 2. The summed E-state index contributed by atoms with van der Waals surface area (Å²) < 4.78 is 0. The van der Waals surface area contributed by atoms with E-state index in [0.29, 0.717) is 11.5 Å². The van der Waals surface area contributed by atoms with Crippen LogP contribution in [-0.2, 0) is 6.42 Å². The van der Waals surface area contributed by atoms with Gasteiger partial charge >= 0.3 is 0 Å². The van der Waals surface area contributed by atoms with Crippen LogP contribution in [-0.4, -0.2) is 23.2 Å². The summed E-state index contributed by atoms with van der Waals surface area (Å²) in [6, 6.07) is 12.0. The summed E-state index contributed by atoms with van der Waals surface area (Å²) in [4.78, 5) is 11.4. The number of anilines is 1. The Morgan fingerprint density at radius 3 is 2.38 bits per heavy atom. The van der Waals surface area contributed by atoms with Gasteiger partial charge in [-0.05, 0) is 36.6 Å². The van der Waals surface area contributed by atoms with Crippen molar-refractivity contribution >= 4 is 11.7 Å². The Balaban J connectivity index is 2.04. The van der Waals surface area contributed by atoms with E-state index in [4.69, 9.17) is 0 Å². The van der Waals surface area contributed by atoms with E-state index in [1.807, 2.05) is 0 Å². The maximum absolute atomic E-state index is 11.4. The number of hydrogen-bond acceptors (Lipinski definition) is 4. The Morgan fingerprint density at radius 2 is 1.86 bits per heavy atom. The average molecular weight is 284 g/mol. The predicted molar refractivity (Wildman–Crippen MR) is 83.3 cm³/mol. The average Bonchev–Trinajstić information content (AvgIpc) is 2.55. The molecule has 5 nitrogen and oxygen atoms in total. The zero-order chi connectivity index (χ0) is 15.2. The van der Waals surface area contributed by atoms with Crippen molar-refractivity contribution in [2.24, 2.45) is 0 Å². The number of nitrogens with zero attached hydrogens (tertiary/aromatic N) is 2. The Kier molecular flexibility index (Phi) is 4.87. The number of amides is 1. The van der Waals surface area contributed by atoms with Crippen LogP contribution in [0.2, 0.25) is 0 Å². The Hall–Kier alpha value is -2.43. The molecule has 2 N–H and O–H groups in total. The number of rotatable bonds is 5. The van der Waals surface area contributed by atoms with Gasteiger partial charge in [0.05, 0.1) is 0 Å². The first-order chi connectivity index (χ1) is 10.1. The van der Waals surface area contributed by atoms with Gasteiger partial charge in [0.2, 0.25) is 0 Å². The van der Waals surface area contributed by atoms with Gasteiger partial charge in [0.15, 0.2) is 5.69 Å². The minimum atomic E-state index is -0.239. The van der Waals surface area contributed by atoms with Crippen molar-refractivity contribution in [2.45, 2.75) is 26.3 Å². The number of aromatic nitrogens is 2. The highest BCUT2D eigenvalue weighted by atomic mass is 16.1. The maximum atomic E-state index is 11.4. The molecule has 0 aliphatic rings. The molecule has 2 aromatic rings. The molecule has 0 spiro atoms. The topological polar surface area (TPSA) is 66.9 Å². The molecule has 0 aliphatic carbocycles. The van der Waals surface area contributed by atoms with Crippen molar-refractivity contribution in [3.05, 3.63) is 53.2 Å². The summed E-state index contributed by atoms with van der Waals surface area (Å²) in [6.07, 6.45) is 1.04. The van der Waals surface area contributed by atoms with Gasteiger partial charge in [0.1, 0.15) is 5.82 Å². The first kappa shape index (κ1) is 15.0. The number of nitrogens with one attached hydrogen (secondary N) is 2. The van der Waals surface area contributed by atoms with E-state index >= 15 is 0 Å². The molecule has 0 aliphatic heterocycles. The third-order valence-electron chi connectivity index (χ3n) is 3.38. The molecular formula is C16H20N4O. The van der Waals surface area contributed by atoms with Crippen LogP contribution in [0.3, 0.4) is 0 Å². The molecule has 0 saturated heterocycles. The SMILES string of the molecule is CCc1ccc(C(C)Nc2ccc(C(=O)NC)nn2)cc1. The van der Waals surface area contributed by atoms with Gasteiger partial charge in [-0.1, -0.05) is 31.2 Å². The molecule has 0 saturated carbocycles. The highest BCUT2D eigenvalue weighted by Gasteiger charge is 2.08. The van der Waals surface area contributed by atoms with E-state index in [1.165, 1.54) is 11.1 Å². The molecule has 21 heavy (non-hydrogen) atoms. The van der Waals surface area contributed by atoms with Crippen LogP contribution in [0.25, 0.3) is 0 Å². The fourth-order valence-electron chi connectivity index (χ4n) is 2.01. The molecular weight excluding hydrogens is 264 g/mol. The van der Waals surface area contributed by atoms with Crippen molar-refractivity contribution in [1.29, 1.82) is 0 Å². The highest BCUT2D eigenvalue weighted by molar-refractivity contribution is 5.91. The lowest BCUT2D eigenvalue weighted by atomic mass is 10.1. The number of carbonyl (C=O) groups excluding carboxylic acids is 1. The van der Waals surface area contributed by atoms with Gasteiger partial charge < -0.3 is 10.6 Å². The molecule has 0 fully saturated rings. The molecule has 0 radical (unpaired) electrons. The standard InChI is InChI=1S/C16H20N4O/c1-4-12-5-7-13(8-6-12)11(2)18-15-10-9-14(19-20-15)16(21)17-3/h5-11H,4H2,1-3H3,(H,17,21)(H,18,20). The van der Waals surface area contributed by atoms with Gasteiger partial charge in [-0.25, -0.2) is 0 Å². The lowest BCUT2D eigenvalue weighted by molar-refractivity contribution is 0.0957. The molecule has 2 rings (SSSR count). The van der Waals surface area contributed by atoms with Crippen molar-refractivity contribution in [2.75, 3.05) is 12.4 Å². The molecule has 0 bridgehead atoms. The normalized spacial score (nSPS) is 11.8. The molecule has 1 amide bonds. The minimum Gasteiger partial charge on any atom is -0.362 e. The fraction of sp³-hybridized carbons (Fsp3) is 0.312. The smallest absolute Gasteiger partial charge is 0.271 e. The summed E-state index contributed by atoms with van der Waals surface area (Å²) >= 11 is 0. The van der Waals surface area contributed by atoms with Gasteiger partial charge in [0.25, 0.3) is 5.91 Å². The van der Waals surface area contributed by atoms with Gasteiger partial charge in [-0.3, -0.25) is 4.79 Å². The quantitative estimate of drug-likeness (QED) is 0.885. The molecule has 1 aromatic heterocycles. The Bertz CT molecular complexity index is 593. The summed E-state index contributed by atoms with van der Waals surface area (Å²) in [7, 11) is 1.57. The molecule has 110 valence electrons. The van der Waals surface area contributed by atoms with Crippen LogP contribution >= 0.6 is 0 Å². The summed E-state index contributed by atoms with van der Waals surface area (Å²) in [5.41, 5.74) is 2.81. The second-order valence-corrected chi connectivity index (χ2v) is 4.84. The Labute approximate surface area is 124 Å². The summed E-state index contributed by atoms with van der Waals surface area (Å²) in [6.45, 7) is 4.20. The van der Waals surface area contributed by atoms with Crippen LogP contribution in [0.4, 0.5) is 5.82 Å². The van der Waals surface area contributed by atoms with Gasteiger partial charge in [-0.2, -0.15) is 0 Å². The minimum absolute atomic E-state index is 0.121. The van der Waals surface area contributed by atoms with E-state index in [0.717, 1.165) is 6.42 Å². The van der Waals surface area contributed by atoms with E-state index < -0.39 is 0 Å². The first-order valence-electron chi connectivity index (χ1n) is 7.05. The van der Waals surface area contributed by atoms with Crippen molar-refractivity contribution in [3.8, 4) is 0 Å². The monoisotopic (exact) mass is 284 g/mol. The van der Waals surface area contributed by atoms with E-state index in [-0.39, 0.29) is 11.9 Å². The third kappa shape index (κ3) is 3.78. The fourth-order valence-corrected chi connectivity index (χ4v) is 2.01. The zero-order valence-corrected chi connectivity index (χ0v) is 12.6. The number of aryl methyl sites for hydroxylation is 1. The van der Waals surface area contributed by atoms with Crippen LogP contribution in [0, 0.1) is 0 Å². The van der Waals surface area contributed by atoms with E-state index in [9.17, 15) is 4.79 Å². The van der Waals surface area contributed by atoms with Gasteiger partial charge in [-0.15, -0.1) is 10.2 Å². The van der Waals surface area contributed by atoms with Crippen LogP contribution in [0.5, 0.6) is 0 Å². The molecule has 1 aromatic carbocycles. The summed E-state index contributed by atoms with van der Waals surface area (Å²) in [5, 5.41) is 13.7. The largest absolute Gasteiger partial charge is 0.362 e. The van der Waals surface area contributed by atoms with Crippen molar-refractivity contribution in [3.63, 3.8) is 0 Å². The van der Waals surface area contributed by atoms with Crippen LogP contribution in [0.1, 0.15) is 41.5 Å². The molecule has 1 unspecified atom stereocenters. The van der Waals surface area contributed by atoms with Crippen LogP contribution < -0.4 is 10.6 Å². The maximum Gasteiger partial charge on any atom is 0.271 e. The third-order valence-corrected chi connectivity index (χ3v) is 3.38.